The van der Waals surface area contributed by atoms with Crippen molar-refractivity contribution in [3.8, 4) is 0 Å². The molecule has 0 aliphatic rings. The molecule has 0 unspecified atom stereocenters. The minimum absolute atomic E-state index is 0.126. The topological polar surface area (TPSA) is 29.1 Å². The Labute approximate surface area is 131 Å². The Hall–Kier alpha value is -1.80. The average molecular weight is 302 g/mol. The molecule has 0 fully saturated rings. The third-order valence-electron chi connectivity index (χ3n) is 3.05. The molecule has 2 aromatic carbocycles. The van der Waals surface area contributed by atoms with Gasteiger partial charge in [-0.25, -0.2) is 0 Å². The lowest BCUT2D eigenvalue weighted by molar-refractivity contribution is 0.0919. The van der Waals surface area contributed by atoms with Crippen LogP contribution in [0.25, 0.3) is 0 Å². The summed E-state index contributed by atoms with van der Waals surface area (Å²) in [4.78, 5) is 12.5. The zero-order valence-electron chi connectivity index (χ0n) is 12.6. The van der Waals surface area contributed by atoms with Gasteiger partial charge in [-0.05, 0) is 44.4 Å². The molecule has 21 heavy (non-hydrogen) atoms. The summed E-state index contributed by atoms with van der Waals surface area (Å²) >= 11 is 6.26. The van der Waals surface area contributed by atoms with Crippen LogP contribution in [0.3, 0.4) is 0 Å². The van der Waals surface area contributed by atoms with Crippen molar-refractivity contribution in [2.75, 3.05) is 0 Å². The van der Waals surface area contributed by atoms with Crippen molar-refractivity contribution >= 4 is 17.5 Å². The summed E-state index contributed by atoms with van der Waals surface area (Å²) in [5.41, 5.74) is 2.37. The van der Waals surface area contributed by atoms with Crippen LogP contribution < -0.4 is 5.32 Å². The molecule has 0 atom stereocenters. The molecule has 0 aliphatic carbocycles. The number of nitrogens with one attached hydrogen (secondary N) is 1. The Morgan fingerprint density at radius 3 is 2.33 bits per heavy atom. The van der Waals surface area contributed by atoms with Crippen molar-refractivity contribution in [1.29, 1.82) is 0 Å². The van der Waals surface area contributed by atoms with Crippen LogP contribution in [0.15, 0.2) is 48.5 Å². The van der Waals surface area contributed by atoms with E-state index >= 15 is 0 Å². The molecule has 0 saturated carbocycles. The summed E-state index contributed by atoms with van der Waals surface area (Å²) in [5, 5.41) is 3.47. The van der Waals surface area contributed by atoms with Crippen LogP contribution in [0.4, 0.5) is 0 Å². The number of hydrogen-bond acceptors (Lipinski definition) is 1. The third kappa shape index (κ3) is 4.33. The van der Waals surface area contributed by atoms with Gasteiger partial charge in [0.05, 0.1) is 10.6 Å². The van der Waals surface area contributed by atoms with E-state index in [2.05, 4.69) is 5.32 Å². The molecular weight excluding hydrogens is 282 g/mol. The first-order valence-corrected chi connectivity index (χ1v) is 7.38. The second-order valence-electron chi connectivity index (χ2n) is 6.14. The van der Waals surface area contributed by atoms with Gasteiger partial charge in [0.25, 0.3) is 5.91 Å². The van der Waals surface area contributed by atoms with Crippen LogP contribution in [0, 0.1) is 0 Å². The summed E-state index contributed by atoms with van der Waals surface area (Å²) in [6, 6.07) is 15.7. The molecule has 2 aromatic rings. The molecule has 0 spiro atoms. The van der Waals surface area contributed by atoms with E-state index in [1.54, 1.807) is 6.07 Å². The van der Waals surface area contributed by atoms with E-state index < -0.39 is 0 Å². The standard InChI is InChI=1S/C18H20ClNO/c1-18(2,3)20-17(21)16-14(10-7-11-15(16)19)12-13-8-5-4-6-9-13/h4-11H,12H2,1-3H3,(H,20,21). The second-order valence-corrected chi connectivity index (χ2v) is 6.55. The number of halogens is 1. The first-order chi connectivity index (χ1) is 9.87. The van der Waals surface area contributed by atoms with Gasteiger partial charge in [-0.2, -0.15) is 0 Å². The number of rotatable bonds is 3. The van der Waals surface area contributed by atoms with Crippen LogP contribution in [0.5, 0.6) is 0 Å². The largest absolute Gasteiger partial charge is 0.347 e. The number of hydrogen-bond donors (Lipinski definition) is 1. The lowest BCUT2D eigenvalue weighted by Gasteiger charge is -2.22. The number of amides is 1. The lowest BCUT2D eigenvalue weighted by atomic mass is 9.98. The maximum Gasteiger partial charge on any atom is 0.253 e. The number of benzene rings is 2. The Kier molecular flexibility index (Phi) is 4.69. The van der Waals surface area contributed by atoms with Gasteiger partial charge in [-0.3, -0.25) is 4.79 Å². The molecular formula is C18H20ClNO. The quantitative estimate of drug-likeness (QED) is 0.891. The fourth-order valence-electron chi connectivity index (χ4n) is 2.19. The predicted molar refractivity (Wildman–Crippen MR) is 87.9 cm³/mol. The zero-order valence-corrected chi connectivity index (χ0v) is 13.4. The minimum atomic E-state index is -0.291. The second kappa shape index (κ2) is 6.31. The summed E-state index contributed by atoms with van der Waals surface area (Å²) in [6.45, 7) is 5.87. The Balaban J connectivity index is 2.34. The van der Waals surface area contributed by atoms with E-state index in [0.29, 0.717) is 17.0 Å². The summed E-state index contributed by atoms with van der Waals surface area (Å²) < 4.78 is 0. The van der Waals surface area contributed by atoms with Gasteiger partial charge < -0.3 is 5.32 Å². The monoisotopic (exact) mass is 301 g/mol. The van der Waals surface area contributed by atoms with Crippen LogP contribution in [0.2, 0.25) is 5.02 Å². The first kappa shape index (κ1) is 15.6. The molecule has 2 rings (SSSR count). The first-order valence-electron chi connectivity index (χ1n) is 7.00. The molecule has 0 heterocycles. The Bertz CT molecular complexity index is 629. The summed E-state index contributed by atoms with van der Waals surface area (Å²) in [5.74, 6) is -0.126. The van der Waals surface area contributed by atoms with Crippen molar-refractivity contribution in [1.82, 2.24) is 5.32 Å². The van der Waals surface area contributed by atoms with Crippen molar-refractivity contribution < 1.29 is 4.79 Å². The fraction of sp³-hybridized carbons (Fsp3) is 0.278. The van der Waals surface area contributed by atoms with E-state index in [1.807, 2.05) is 63.2 Å². The van der Waals surface area contributed by atoms with Gasteiger partial charge in [0.15, 0.2) is 0 Å². The molecule has 1 amide bonds. The maximum atomic E-state index is 12.5. The van der Waals surface area contributed by atoms with Crippen LogP contribution in [-0.2, 0) is 6.42 Å². The van der Waals surface area contributed by atoms with Crippen LogP contribution >= 0.6 is 11.6 Å². The van der Waals surface area contributed by atoms with Gasteiger partial charge in [0.1, 0.15) is 0 Å². The van der Waals surface area contributed by atoms with Crippen molar-refractivity contribution in [3.05, 3.63) is 70.2 Å². The summed E-state index contributed by atoms with van der Waals surface area (Å²) in [6.07, 6.45) is 0.689. The lowest BCUT2D eigenvalue weighted by Crippen LogP contribution is -2.41. The molecule has 3 heteroatoms. The average Bonchev–Trinajstić information content (AvgIpc) is 2.37. The number of carbonyl (C=O) groups excluding carboxylic acids is 1. The van der Waals surface area contributed by atoms with Gasteiger partial charge in [0.2, 0.25) is 0 Å². The minimum Gasteiger partial charge on any atom is -0.347 e. The van der Waals surface area contributed by atoms with E-state index in [4.69, 9.17) is 11.6 Å². The molecule has 110 valence electrons. The molecule has 0 aliphatic heterocycles. The van der Waals surface area contributed by atoms with Gasteiger partial charge in [0, 0.05) is 5.54 Å². The smallest absolute Gasteiger partial charge is 0.253 e. The molecule has 0 bridgehead atoms. The molecule has 0 saturated heterocycles. The Morgan fingerprint density at radius 2 is 1.71 bits per heavy atom. The zero-order chi connectivity index (χ0) is 15.5. The van der Waals surface area contributed by atoms with Crippen molar-refractivity contribution in [2.45, 2.75) is 32.7 Å². The van der Waals surface area contributed by atoms with Crippen molar-refractivity contribution in [3.63, 3.8) is 0 Å². The van der Waals surface area contributed by atoms with Crippen molar-refractivity contribution in [2.24, 2.45) is 0 Å². The van der Waals surface area contributed by atoms with Crippen LogP contribution in [-0.4, -0.2) is 11.4 Å². The molecule has 2 nitrogen and oxygen atoms in total. The van der Waals surface area contributed by atoms with Gasteiger partial charge >= 0.3 is 0 Å². The molecule has 0 aromatic heterocycles. The molecule has 1 N–H and O–H groups in total. The van der Waals surface area contributed by atoms with E-state index in [-0.39, 0.29) is 11.4 Å². The third-order valence-corrected chi connectivity index (χ3v) is 3.37. The Morgan fingerprint density at radius 1 is 1.05 bits per heavy atom. The highest BCUT2D eigenvalue weighted by Crippen LogP contribution is 2.23. The number of carbonyl (C=O) groups is 1. The SMILES string of the molecule is CC(C)(C)NC(=O)c1c(Cl)cccc1Cc1ccccc1. The fourth-order valence-corrected chi connectivity index (χ4v) is 2.47. The highest BCUT2D eigenvalue weighted by atomic mass is 35.5. The normalized spacial score (nSPS) is 11.2. The van der Waals surface area contributed by atoms with Gasteiger partial charge in [-0.15, -0.1) is 0 Å². The maximum absolute atomic E-state index is 12.5. The van der Waals surface area contributed by atoms with E-state index in [0.717, 1.165) is 11.1 Å². The predicted octanol–water partition coefficient (Wildman–Crippen LogP) is 4.46. The summed E-state index contributed by atoms with van der Waals surface area (Å²) in [7, 11) is 0. The van der Waals surface area contributed by atoms with Gasteiger partial charge in [-0.1, -0.05) is 54.1 Å². The highest BCUT2D eigenvalue weighted by molar-refractivity contribution is 6.34. The highest BCUT2D eigenvalue weighted by Gasteiger charge is 2.20. The van der Waals surface area contributed by atoms with E-state index in [1.165, 1.54) is 0 Å². The molecule has 0 radical (unpaired) electrons. The van der Waals surface area contributed by atoms with E-state index in [9.17, 15) is 4.79 Å². The van der Waals surface area contributed by atoms with Crippen LogP contribution in [0.1, 0.15) is 42.3 Å².